The molecule has 42 valence electrons. The zero-order chi connectivity index (χ0) is 5.98. The van der Waals surface area contributed by atoms with Gasteiger partial charge in [0.25, 0.3) is 0 Å². The second kappa shape index (κ2) is 1.61. The van der Waals surface area contributed by atoms with Gasteiger partial charge >= 0.3 is 5.82 Å². The summed E-state index contributed by atoms with van der Waals surface area (Å²) in [7, 11) is 0. The third-order valence-electron chi connectivity index (χ3n) is 0.638. The van der Waals surface area contributed by atoms with Crippen LogP contribution in [0, 0.1) is 10.1 Å². The molecule has 0 saturated carbocycles. The number of hydrogen-bond donors (Lipinski definition) is 0. The average Bonchev–Trinajstić information content (AvgIpc) is 2.12. The van der Waals surface area contributed by atoms with E-state index in [1.807, 2.05) is 0 Å². The molecule has 0 bridgehead atoms. The lowest BCUT2D eigenvalue weighted by atomic mass is 10.7. The Morgan fingerprint density at radius 1 is 1.88 bits per heavy atom. The first-order valence-corrected chi connectivity index (χ1v) is 1.89. The average molecular weight is 112 g/mol. The van der Waals surface area contributed by atoms with E-state index in [0.717, 1.165) is 0 Å². The van der Waals surface area contributed by atoms with Gasteiger partial charge < -0.3 is 15.2 Å². The van der Waals surface area contributed by atoms with Crippen LogP contribution in [0.5, 0.6) is 0 Å². The summed E-state index contributed by atoms with van der Waals surface area (Å²) in [5.41, 5.74) is 0. The third kappa shape index (κ3) is 0.651. The first kappa shape index (κ1) is 4.76. The van der Waals surface area contributed by atoms with Gasteiger partial charge in [0.1, 0.15) is 0 Å². The Hall–Kier alpha value is -1.39. The van der Waals surface area contributed by atoms with Gasteiger partial charge in [-0.3, -0.25) is 0 Å². The Kier molecular flexibility index (Phi) is 0.957. The number of nitrogens with zero attached hydrogens (tertiary/aromatic N) is 3. The molecule has 0 aliphatic carbocycles. The van der Waals surface area contributed by atoms with E-state index in [1.54, 1.807) is 0 Å². The lowest BCUT2D eigenvalue weighted by Crippen LogP contribution is -1.86. The third-order valence-corrected chi connectivity index (χ3v) is 0.638. The maximum Gasteiger partial charge on any atom is 0.347 e. The molecule has 0 radical (unpaired) electrons. The second-order valence-corrected chi connectivity index (χ2v) is 1.15. The molecule has 1 rings (SSSR count). The highest BCUT2D eigenvalue weighted by atomic mass is 16.6. The predicted octanol–water partition coefficient (Wildman–Crippen LogP) is -0.0530. The van der Waals surface area contributed by atoms with Crippen molar-refractivity contribution in [3.8, 4) is 0 Å². The molecule has 0 fully saturated rings. The molecule has 1 aromatic heterocycles. The summed E-state index contributed by atoms with van der Waals surface area (Å²) in [5.74, 6) is -0.204. The molecule has 0 atom stereocenters. The molecule has 0 spiro atoms. The Bertz CT molecular complexity index is 180. The van der Waals surface area contributed by atoms with Gasteiger partial charge in [0.15, 0.2) is 0 Å². The van der Waals surface area contributed by atoms with Gasteiger partial charge in [-0.25, -0.2) is 0 Å². The van der Waals surface area contributed by atoms with Crippen molar-refractivity contribution in [1.29, 1.82) is 0 Å². The van der Waals surface area contributed by atoms with Crippen LogP contribution in [-0.4, -0.2) is 10.0 Å². The van der Waals surface area contributed by atoms with Crippen molar-refractivity contribution >= 4 is 5.82 Å². The van der Waals surface area contributed by atoms with Crippen LogP contribution < -0.4 is 5.10 Å². The van der Waals surface area contributed by atoms with E-state index in [1.165, 1.54) is 12.3 Å². The molecule has 5 nitrogen and oxygen atoms in total. The van der Waals surface area contributed by atoms with Crippen molar-refractivity contribution in [3.63, 3.8) is 0 Å². The van der Waals surface area contributed by atoms with E-state index in [0.29, 0.717) is 0 Å². The molecule has 0 aliphatic rings. The molecular weight excluding hydrogens is 110 g/mol. The van der Waals surface area contributed by atoms with E-state index < -0.39 is 4.92 Å². The Morgan fingerprint density at radius 3 is 2.88 bits per heavy atom. The lowest BCUT2D eigenvalue weighted by molar-refractivity contribution is -0.389. The van der Waals surface area contributed by atoms with Crippen molar-refractivity contribution in [2.75, 3.05) is 0 Å². The molecule has 0 unspecified atom stereocenters. The minimum absolute atomic E-state index is 0.204. The van der Waals surface area contributed by atoms with Gasteiger partial charge in [0, 0.05) is 6.07 Å². The van der Waals surface area contributed by atoms with Crippen molar-refractivity contribution in [3.05, 3.63) is 22.4 Å². The highest BCUT2D eigenvalue weighted by molar-refractivity contribution is 5.12. The zero-order valence-corrected chi connectivity index (χ0v) is 3.81. The predicted molar refractivity (Wildman–Crippen MR) is 24.2 cm³/mol. The molecule has 0 aromatic carbocycles. The van der Waals surface area contributed by atoms with Crippen molar-refractivity contribution in [2.24, 2.45) is 0 Å². The van der Waals surface area contributed by atoms with Crippen LogP contribution in [0.4, 0.5) is 5.82 Å². The first-order chi connectivity index (χ1) is 3.80. The maximum absolute atomic E-state index is 9.77. The number of hydrogen-bond acceptors (Lipinski definition) is 3. The highest BCUT2D eigenvalue weighted by Crippen LogP contribution is 1.99. The smallest absolute Gasteiger partial charge is 0.347 e. The maximum atomic E-state index is 9.77. The fourth-order valence-electron chi connectivity index (χ4n) is 0.323. The summed E-state index contributed by atoms with van der Waals surface area (Å²) < 4.78 is 0. The molecule has 0 aliphatic heterocycles. The molecule has 5 heteroatoms. The van der Waals surface area contributed by atoms with E-state index in [-0.39, 0.29) is 5.82 Å². The Morgan fingerprint density at radius 2 is 2.62 bits per heavy atom. The number of nitro groups is 1. The summed E-state index contributed by atoms with van der Waals surface area (Å²) in [6.07, 6.45) is 1.28. The fraction of sp³-hybridized carbons (Fsp3) is 0. The van der Waals surface area contributed by atoms with E-state index >= 15 is 0 Å². The molecule has 0 N–H and O–H groups in total. The molecule has 8 heavy (non-hydrogen) atoms. The van der Waals surface area contributed by atoms with Crippen LogP contribution in [-0.2, 0) is 0 Å². The van der Waals surface area contributed by atoms with Gasteiger partial charge in [0.05, 0.1) is 0 Å². The summed E-state index contributed by atoms with van der Waals surface area (Å²) in [5, 5.41) is 16.2. The molecular formula is C3H2N3O2-. The topological polar surface area (TPSA) is 70.1 Å². The van der Waals surface area contributed by atoms with Gasteiger partial charge in [-0.05, 0) is 4.92 Å². The zero-order valence-electron chi connectivity index (χ0n) is 3.81. The van der Waals surface area contributed by atoms with Crippen LogP contribution in [0.2, 0.25) is 0 Å². The van der Waals surface area contributed by atoms with Crippen LogP contribution in [0.3, 0.4) is 0 Å². The second-order valence-electron chi connectivity index (χ2n) is 1.15. The summed E-state index contributed by atoms with van der Waals surface area (Å²) in [6, 6.07) is 1.24. The number of rotatable bonds is 1. The fourth-order valence-corrected chi connectivity index (χ4v) is 0.323. The molecule has 0 amide bonds. The van der Waals surface area contributed by atoms with Gasteiger partial charge in [-0.15, -0.1) is 11.3 Å². The quantitative estimate of drug-likeness (QED) is 0.377. The van der Waals surface area contributed by atoms with Crippen molar-refractivity contribution in [1.82, 2.24) is 10.2 Å². The van der Waals surface area contributed by atoms with Gasteiger partial charge in [0.2, 0.25) is 0 Å². The van der Waals surface area contributed by atoms with Crippen LogP contribution in [0.25, 0.3) is 0 Å². The normalized spacial score (nSPS) is 9.00. The molecule has 0 saturated heterocycles. The molecule has 1 aromatic rings. The number of aromatic nitrogens is 2. The van der Waals surface area contributed by atoms with E-state index in [9.17, 15) is 10.1 Å². The van der Waals surface area contributed by atoms with E-state index in [4.69, 9.17) is 0 Å². The van der Waals surface area contributed by atoms with Crippen LogP contribution in [0.15, 0.2) is 12.3 Å². The van der Waals surface area contributed by atoms with Crippen LogP contribution >= 0.6 is 0 Å². The lowest BCUT2D eigenvalue weighted by Gasteiger charge is -1.83. The first-order valence-electron chi connectivity index (χ1n) is 1.89. The summed E-state index contributed by atoms with van der Waals surface area (Å²) in [6.45, 7) is 0. The van der Waals surface area contributed by atoms with Gasteiger partial charge in [-0.1, -0.05) is 0 Å². The minimum Gasteiger partial charge on any atom is -0.461 e. The largest absolute Gasteiger partial charge is 0.461 e. The SMILES string of the molecule is O=[N+]([O-])c1cc[n-]n1. The van der Waals surface area contributed by atoms with E-state index in [2.05, 4.69) is 10.2 Å². The Balaban J connectivity index is 2.93. The molecule has 1 heterocycles. The standard InChI is InChI=1S/C3H2N3O2/c7-6(8)3-1-2-4-5-3/h1-2H/q-1. The summed E-state index contributed by atoms with van der Waals surface area (Å²) in [4.78, 5) is 9.17. The van der Waals surface area contributed by atoms with Crippen molar-refractivity contribution < 1.29 is 4.92 Å². The summed E-state index contributed by atoms with van der Waals surface area (Å²) >= 11 is 0. The van der Waals surface area contributed by atoms with Gasteiger partial charge in [-0.2, -0.15) is 0 Å². The highest BCUT2D eigenvalue weighted by Gasteiger charge is 1.96. The van der Waals surface area contributed by atoms with Crippen LogP contribution in [0.1, 0.15) is 0 Å². The van der Waals surface area contributed by atoms with Crippen molar-refractivity contribution in [2.45, 2.75) is 0 Å². The monoisotopic (exact) mass is 112 g/mol. The Labute approximate surface area is 44.5 Å². The minimum atomic E-state index is -0.590.